The van der Waals surface area contributed by atoms with E-state index in [9.17, 15) is 9.18 Å². The van der Waals surface area contributed by atoms with E-state index >= 15 is 0 Å². The Bertz CT molecular complexity index is 1110. The number of hydrogen-bond donors (Lipinski definition) is 0. The molecule has 6 nitrogen and oxygen atoms in total. The summed E-state index contributed by atoms with van der Waals surface area (Å²) < 4.78 is 20.6. The predicted octanol–water partition coefficient (Wildman–Crippen LogP) is 4.63. The molecular weight excluding hydrogens is 454 g/mol. The van der Waals surface area contributed by atoms with Crippen molar-refractivity contribution in [3.8, 4) is 5.75 Å². The van der Waals surface area contributed by atoms with Crippen LogP contribution in [0.15, 0.2) is 48.7 Å². The van der Waals surface area contributed by atoms with Crippen molar-refractivity contribution in [2.24, 2.45) is 0 Å². The summed E-state index contributed by atoms with van der Waals surface area (Å²) in [5, 5.41) is 5.44. The van der Waals surface area contributed by atoms with Crippen LogP contribution in [0.1, 0.15) is 21.6 Å². The molecule has 0 N–H and O–H groups in total. The van der Waals surface area contributed by atoms with Crippen LogP contribution in [0.3, 0.4) is 0 Å². The van der Waals surface area contributed by atoms with E-state index in [0.717, 1.165) is 16.9 Å². The molecule has 168 valence electrons. The molecule has 1 saturated heterocycles. The summed E-state index contributed by atoms with van der Waals surface area (Å²) in [6, 6.07) is 11.6. The summed E-state index contributed by atoms with van der Waals surface area (Å²) in [6.45, 7) is 5.33. The largest absolute Gasteiger partial charge is 0.471 e. The van der Waals surface area contributed by atoms with Crippen LogP contribution in [0.5, 0.6) is 5.75 Å². The van der Waals surface area contributed by atoms with E-state index < -0.39 is 0 Å². The maximum absolute atomic E-state index is 13.2. The minimum absolute atomic E-state index is 0.106. The van der Waals surface area contributed by atoms with Crippen molar-refractivity contribution in [3.05, 3.63) is 81.3 Å². The Kier molecular flexibility index (Phi) is 6.98. The van der Waals surface area contributed by atoms with E-state index in [4.69, 9.17) is 27.9 Å². The van der Waals surface area contributed by atoms with Gasteiger partial charge in [-0.3, -0.25) is 9.69 Å². The number of aromatic nitrogens is 2. The highest BCUT2D eigenvalue weighted by atomic mass is 35.5. The Morgan fingerprint density at radius 2 is 1.88 bits per heavy atom. The maximum atomic E-state index is 13.2. The number of hydrogen-bond acceptors (Lipinski definition) is 4. The summed E-state index contributed by atoms with van der Waals surface area (Å²) in [5.41, 5.74) is 2.19. The Morgan fingerprint density at radius 1 is 1.09 bits per heavy atom. The van der Waals surface area contributed by atoms with Crippen molar-refractivity contribution in [2.75, 3.05) is 26.2 Å². The van der Waals surface area contributed by atoms with Crippen molar-refractivity contribution in [1.82, 2.24) is 19.6 Å². The molecule has 2 heterocycles. The van der Waals surface area contributed by atoms with Gasteiger partial charge in [0, 0.05) is 49.0 Å². The molecule has 1 aliphatic rings. The number of nitrogens with zero attached hydrogens (tertiary/aromatic N) is 4. The lowest BCUT2D eigenvalue weighted by Gasteiger charge is -2.34. The average Bonchev–Trinajstić information content (AvgIpc) is 3.24. The van der Waals surface area contributed by atoms with Gasteiger partial charge >= 0.3 is 0 Å². The molecule has 2 aromatic carbocycles. The molecule has 4 rings (SSSR count). The van der Waals surface area contributed by atoms with Crippen molar-refractivity contribution < 1.29 is 13.9 Å². The van der Waals surface area contributed by atoms with Crippen molar-refractivity contribution >= 4 is 29.1 Å². The number of carbonyl (C=O) groups is 1. The van der Waals surface area contributed by atoms with Crippen LogP contribution in [0, 0.1) is 12.7 Å². The number of halogens is 3. The minimum atomic E-state index is -0.345. The molecule has 1 aliphatic heterocycles. The van der Waals surface area contributed by atoms with Gasteiger partial charge in [-0.05, 0) is 54.4 Å². The topological polar surface area (TPSA) is 50.6 Å². The number of ether oxygens (including phenoxy) is 1. The molecule has 1 aromatic heterocycles. The first-order valence-corrected chi connectivity index (χ1v) is 11.0. The SMILES string of the molecule is Cc1cc(Cl)ccc1OCn1ccc(C(=O)N2CCN(Cc3ccc(F)cc3Cl)CC2)n1. The van der Waals surface area contributed by atoms with Crippen LogP contribution in [0.25, 0.3) is 0 Å². The maximum Gasteiger partial charge on any atom is 0.274 e. The number of amides is 1. The fourth-order valence-electron chi connectivity index (χ4n) is 3.62. The molecule has 0 radical (unpaired) electrons. The Hall–Kier alpha value is -2.61. The van der Waals surface area contributed by atoms with Gasteiger partial charge in [0.2, 0.25) is 0 Å². The first-order chi connectivity index (χ1) is 15.4. The van der Waals surface area contributed by atoms with Crippen LogP contribution >= 0.6 is 23.2 Å². The molecule has 0 atom stereocenters. The van der Waals surface area contributed by atoms with E-state index in [1.165, 1.54) is 12.1 Å². The van der Waals surface area contributed by atoms with Crippen LogP contribution < -0.4 is 4.74 Å². The van der Waals surface area contributed by atoms with Gasteiger partial charge in [-0.15, -0.1) is 0 Å². The molecule has 0 bridgehead atoms. The number of piperazine rings is 1. The third-order valence-electron chi connectivity index (χ3n) is 5.42. The van der Waals surface area contributed by atoms with Gasteiger partial charge in [-0.25, -0.2) is 9.07 Å². The summed E-state index contributed by atoms with van der Waals surface area (Å²) in [7, 11) is 0. The fraction of sp³-hybridized carbons (Fsp3) is 0.304. The Labute approximate surface area is 196 Å². The molecule has 0 saturated carbocycles. The second kappa shape index (κ2) is 9.90. The number of benzene rings is 2. The van der Waals surface area contributed by atoms with Crippen molar-refractivity contribution in [2.45, 2.75) is 20.2 Å². The third kappa shape index (κ3) is 5.41. The molecule has 1 amide bonds. The number of carbonyl (C=O) groups excluding carboxylic acids is 1. The molecule has 32 heavy (non-hydrogen) atoms. The van der Waals surface area contributed by atoms with Gasteiger partial charge in [0.05, 0.1) is 0 Å². The highest BCUT2D eigenvalue weighted by Crippen LogP contribution is 2.22. The quantitative estimate of drug-likeness (QED) is 0.520. The van der Waals surface area contributed by atoms with E-state index in [-0.39, 0.29) is 18.5 Å². The lowest BCUT2D eigenvalue weighted by molar-refractivity contribution is 0.0620. The van der Waals surface area contributed by atoms with Crippen LogP contribution in [0.4, 0.5) is 4.39 Å². The van der Waals surface area contributed by atoms with Gasteiger partial charge in [-0.2, -0.15) is 5.10 Å². The minimum Gasteiger partial charge on any atom is -0.471 e. The zero-order valence-electron chi connectivity index (χ0n) is 17.6. The van der Waals surface area contributed by atoms with Crippen LogP contribution in [-0.2, 0) is 13.3 Å². The van der Waals surface area contributed by atoms with Gasteiger partial charge < -0.3 is 9.64 Å². The summed E-state index contributed by atoms with van der Waals surface area (Å²) in [5.74, 6) is 0.267. The van der Waals surface area contributed by atoms with E-state index in [1.54, 1.807) is 34.0 Å². The highest BCUT2D eigenvalue weighted by Gasteiger charge is 2.24. The molecule has 3 aromatic rings. The fourth-order valence-corrected chi connectivity index (χ4v) is 4.07. The first kappa shape index (κ1) is 22.6. The zero-order chi connectivity index (χ0) is 22.7. The summed E-state index contributed by atoms with van der Waals surface area (Å²) in [4.78, 5) is 16.8. The lowest BCUT2D eigenvalue weighted by Crippen LogP contribution is -2.48. The van der Waals surface area contributed by atoms with E-state index in [0.29, 0.717) is 48.5 Å². The summed E-state index contributed by atoms with van der Waals surface area (Å²) >= 11 is 12.1. The average molecular weight is 477 g/mol. The molecule has 0 unspecified atom stereocenters. The molecule has 1 fully saturated rings. The van der Waals surface area contributed by atoms with Crippen molar-refractivity contribution in [1.29, 1.82) is 0 Å². The van der Waals surface area contributed by atoms with Gasteiger partial charge in [-0.1, -0.05) is 29.3 Å². The van der Waals surface area contributed by atoms with E-state index in [2.05, 4.69) is 10.00 Å². The Morgan fingerprint density at radius 3 is 2.59 bits per heavy atom. The second-order valence-corrected chi connectivity index (χ2v) is 8.57. The normalized spacial score (nSPS) is 14.6. The predicted molar refractivity (Wildman–Crippen MR) is 122 cm³/mol. The second-order valence-electron chi connectivity index (χ2n) is 7.73. The van der Waals surface area contributed by atoms with Crippen molar-refractivity contribution in [3.63, 3.8) is 0 Å². The smallest absolute Gasteiger partial charge is 0.274 e. The monoisotopic (exact) mass is 476 g/mol. The molecule has 0 aliphatic carbocycles. The molecule has 9 heteroatoms. The summed E-state index contributed by atoms with van der Waals surface area (Å²) in [6.07, 6.45) is 1.73. The molecule has 0 spiro atoms. The highest BCUT2D eigenvalue weighted by molar-refractivity contribution is 6.31. The molecular formula is C23H23Cl2FN4O2. The number of aryl methyl sites for hydroxylation is 1. The Balaban J connectivity index is 1.29. The van der Waals surface area contributed by atoms with E-state index in [1.807, 2.05) is 19.1 Å². The lowest BCUT2D eigenvalue weighted by atomic mass is 10.2. The zero-order valence-corrected chi connectivity index (χ0v) is 19.1. The van der Waals surface area contributed by atoms with Gasteiger partial charge in [0.25, 0.3) is 5.91 Å². The standard InChI is InChI=1S/C23H23Cl2FN4O2/c1-16-12-18(24)3-5-22(16)32-15-30-7-6-21(27-30)23(31)29-10-8-28(9-11-29)14-17-2-4-19(26)13-20(17)25/h2-7,12-13H,8-11,14-15H2,1H3. The van der Waals surface area contributed by atoms with Gasteiger partial charge in [0.1, 0.15) is 11.6 Å². The van der Waals surface area contributed by atoms with Crippen LogP contribution in [0.2, 0.25) is 10.0 Å². The third-order valence-corrected chi connectivity index (χ3v) is 6.00. The van der Waals surface area contributed by atoms with Gasteiger partial charge in [0.15, 0.2) is 12.4 Å². The number of rotatable bonds is 6. The van der Waals surface area contributed by atoms with Crippen LogP contribution in [-0.4, -0.2) is 51.7 Å². The first-order valence-electron chi connectivity index (χ1n) is 10.3.